The summed E-state index contributed by atoms with van der Waals surface area (Å²) in [6.07, 6.45) is 5.22. The zero-order valence-electron chi connectivity index (χ0n) is 10.5. The maximum absolute atomic E-state index is 5.24. The highest BCUT2D eigenvalue weighted by atomic mass is 16.5. The van der Waals surface area contributed by atoms with Gasteiger partial charge in [-0.25, -0.2) is 0 Å². The summed E-state index contributed by atoms with van der Waals surface area (Å²) in [7, 11) is 4.00. The van der Waals surface area contributed by atoms with Crippen LogP contribution in [-0.4, -0.2) is 50.8 Å². The smallest absolute Gasteiger partial charge is 0.0617 e. The molecule has 0 radical (unpaired) electrons. The van der Waals surface area contributed by atoms with Gasteiger partial charge < -0.3 is 10.1 Å². The Hall–Kier alpha value is -0.120. The highest BCUT2D eigenvalue weighted by molar-refractivity contribution is 4.77. The molecular formula is C12H26N2O. The van der Waals surface area contributed by atoms with Gasteiger partial charge in [-0.15, -0.1) is 0 Å². The van der Waals surface area contributed by atoms with Crippen molar-refractivity contribution in [3.63, 3.8) is 0 Å². The summed E-state index contributed by atoms with van der Waals surface area (Å²) in [5.41, 5.74) is 0. The van der Waals surface area contributed by atoms with Gasteiger partial charge in [-0.1, -0.05) is 13.3 Å². The molecule has 1 N–H and O–H groups in total. The van der Waals surface area contributed by atoms with Gasteiger partial charge in [0.1, 0.15) is 0 Å². The normalized spacial score (nSPS) is 24.4. The quantitative estimate of drug-likeness (QED) is 0.725. The lowest BCUT2D eigenvalue weighted by Crippen LogP contribution is -2.46. The van der Waals surface area contributed by atoms with Crippen molar-refractivity contribution in [3.8, 4) is 0 Å². The minimum Gasteiger partial charge on any atom is -0.383 e. The van der Waals surface area contributed by atoms with Crippen LogP contribution in [-0.2, 0) is 4.74 Å². The third kappa shape index (κ3) is 4.49. The van der Waals surface area contributed by atoms with Gasteiger partial charge in [-0.05, 0) is 32.9 Å². The summed E-state index contributed by atoms with van der Waals surface area (Å²) < 4.78 is 5.24. The molecule has 0 aromatic rings. The van der Waals surface area contributed by atoms with Crippen molar-refractivity contribution in [2.75, 3.05) is 33.9 Å². The SMILES string of the molecule is CCC(COC)N(C)CC1CCCCN1. The van der Waals surface area contributed by atoms with Crippen LogP contribution in [0.15, 0.2) is 0 Å². The van der Waals surface area contributed by atoms with E-state index >= 15 is 0 Å². The molecule has 1 aliphatic heterocycles. The molecule has 0 aliphatic carbocycles. The molecule has 0 spiro atoms. The Kier molecular flexibility index (Phi) is 6.22. The van der Waals surface area contributed by atoms with Crippen molar-refractivity contribution in [1.82, 2.24) is 10.2 Å². The third-order valence-electron chi connectivity index (χ3n) is 3.37. The molecule has 2 unspecified atom stereocenters. The third-order valence-corrected chi connectivity index (χ3v) is 3.37. The molecule has 1 rings (SSSR count). The molecule has 0 bridgehead atoms. The number of piperidine rings is 1. The summed E-state index contributed by atoms with van der Waals surface area (Å²) in [4.78, 5) is 2.44. The van der Waals surface area contributed by atoms with E-state index in [1.54, 1.807) is 7.11 Å². The minimum absolute atomic E-state index is 0.568. The van der Waals surface area contributed by atoms with Gasteiger partial charge in [0, 0.05) is 25.7 Å². The fourth-order valence-corrected chi connectivity index (χ4v) is 2.33. The average Bonchev–Trinajstić information content (AvgIpc) is 2.27. The lowest BCUT2D eigenvalue weighted by atomic mass is 10.0. The number of rotatable bonds is 6. The summed E-state index contributed by atoms with van der Waals surface area (Å²) >= 11 is 0. The van der Waals surface area contributed by atoms with Gasteiger partial charge in [-0.2, -0.15) is 0 Å². The van der Waals surface area contributed by atoms with E-state index in [0.717, 1.165) is 19.6 Å². The van der Waals surface area contributed by atoms with Crippen molar-refractivity contribution >= 4 is 0 Å². The van der Waals surface area contributed by atoms with Gasteiger partial charge in [-0.3, -0.25) is 4.90 Å². The average molecular weight is 214 g/mol. The van der Waals surface area contributed by atoms with E-state index in [1.807, 2.05) is 0 Å². The zero-order chi connectivity index (χ0) is 11.1. The van der Waals surface area contributed by atoms with Crippen molar-refractivity contribution in [1.29, 1.82) is 0 Å². The number of ether oxygens (including phenoxy) is 1. The molecule has 0 aromatic heterocycles. The maximum Gasteiger partial charge on any atom is 0.0617 e. The number of nitrogens with zero attached hydrogens (tertiary/aromatic N) is 1. The Morgan fingerprint density at radius 3 is 2.80 bits per heavy atom. The summed E-state index contributed by atoms with van der Waals surface area (Å²) in [5.74, 6) is 0. The summed E-state index contributed by atoms with van der Waals surface area (Å²) in [6, 6.07) is 1.26. The molecule has 1 saturated heterocycles. The van der Waals surface area contributed by atoms with E-state index in [2.05, 4.69) is 24.2 Å². The molecular weight excluding hydrogens is 188 g/mol. The molecule has 1 fully saturated rings. The van der Waals surface area contributed by atoms with E-state index in [9.17, 15) is 0 Å². The van der Waals surface area contributed by atoms with Gasteiger partial charge in [0.2, 0.25) is 0 Å². The van der Waals surface area contributed by atoms with E-state index in [1.165, 1.54) is 25.8 Å². The van der Waals surface area contributed by atoms with Crippen molar-refractivity contribution in [3.05, 3.63) is 0 Å². The predicted molar refractivity (Wildman–Crippen MR) is 64.2 cm³/mol. The number of methoxy groups -OCH3 is 1. The first-order chi connectivity index (χ1) is 7.27. The Morgan fingerprint density at radius 1 is 1.47 bits per heavy atom. The van der Waals surface area contributed by atoms with Crippen molar-refractivity contribution < 1.29 is 4.74 Å². The van der Waals surface area contributed by atoms with E-state index < -0.39 is 0 Å². The van der Waals surface area contributed by atoms with Crippen molar-refractivity contribution in [2.45, 2.75) is 44.7 Å². The highest BCUT2D eigenvalue weighted by Crippen LogP contribution is 2.10. The second kappa shape index (κ2) is 7.20. The first-order valence-electron chi connectivity index (χ1n) is 6.20. The fourth-order valence-electron chi connectivity index (χ4n) is 2.33. The fraction of sp³-hybridized carbons (Fsp3) is 1.00. The topological polar surface area (TPSA) is 24.5 Å². The highest BCUT2D eigenvalue weighted by Gasteiger charge is 2.18. The van der Waals surface area contributed by atoms with Crippen LogP contribution in [0.25, 0.3) is 0 Å². The van der Waals surface area contributed by atoms with Crippen LogP contribution in [0.1, 0.15) is 32.6 Å². The van der Waals surface area contributed by atoms with Crippen LogP contribution >= 0.6 is 0 Å². The van der Waals surface area contributed by atoms with Crippen LogP contribution in [0, 0.1) is 0 Å². The summed E-state index contributed by atoms with van der Waals surface area (Å²) in [6.45, 7) is 5.43. The zero-order valence-corrected chi connectivity index (χ0v) is 10.5. The molecule has 3 nitrogen and oxygen atoms in total. The molecule has 1 heterocycles. The largest absolute Gasteiger partial charge is 0.383 e. The lowest BCUT2D eigenvalue weighted by Gasteiger charge is -2.32. The van der Waals surface area contributed by atoms with Gasteiger partial charge in [0.05, 0.1) is 6.61 Å². The van der Waals surface area contributed by atoms with Crippen LogP contribution in [0.3, 0.4) is 0 Å². The van der Waals surface area contributed by atoms with Crippen LogP contribution in [0.5, 0.6) is 0 Å². The number of hydrogen-bond donors (Lipinski definition) is 1. The first kappa shape index (κ1) is 12.9. The Balaban J connectivity index is 2.27. The Morgan fingerprint density at radius 2 is 2.27 bits per heavy atom. The number of likely N-dealkylation sites (N-methyl/N-ethyl adjacent to an activating group) is 1. The second-order valence-corrected chi connectivity index (χ2v) is 4.60. The monoisotopic (exact) mass is 214 g/mol. The molecule has 0 aromatic carbocycles. The minimum atomic E-state index is 0.568. The van der Waals surface area contributed by atoms with E-state index in [-0.39, 0.29) is 0 Å². The standard InChI is InChI=1S/C12H26N2O/c1-4-12(10-15-3)14(2)9-11-7-5-6-8-13-11/h11-13H,4-10H2,1-3H3. The van der Waals surface area contributed by atoms with Crippen molar-refractivity contribution in [2.24, 2.45) is 0 Å². The second-order valence-electron chi connectivity index (χ2n) is 4.60. The first-order valence-corrected chi connectivity index (χ1v) is 6.20. The summed E-state index contributed by atoms with van der Waals surface area (Å²) in [5, 5.41) is 3.59. The number of hydrogen-bond acceptors (Lipinski definition) is 3. The van der Waals surface area contributed by atoms with E-state index in [0.29, 0.717) is 12.1 Å². The van der Waals surface area contributed by atoms with Crippen LogP contribution in [0.4, 0.5) is 0 Å². The molecule has 1 aliphatic rings. The van der Waals surface area contributed by atoms with Gasteiger partial charge in [0.15, 0.2) is 0 Å². The molecule has 3 heteroatoms. The molecule has 0 saturated carbocycles. The van der Waals surface area contributed by atoms with Gasteiger partial charge in [0.25, 0.3) is 0 Å². The number of nitrogens with one attached hydrogen (secondary N) is 1. The van der Waals surface area contributed by atoms with Crippen LogP contribution in [0.2, 0.25) is 0 Å². The predicted octanol–water partition coefficient (Wildman–Crippen LogP) is 1.49. The van der Waals surface area contributed by atoms with E-state index in [4.69, 9.17) is 4.74 Å². The molecule has 2 atom stereocenters. The Labute approximate surface area is 94.2 Å². The molecule has 15 heavy (non-hydrogen) atoms. The molecule has 90 valence electrons. The Bertz CT molecular complexity index is 158. The van der Waals surface area contributed by atoms with Crippen LogP contribution < -0.4 is 5.32 Å². The maximum atomic E-state index is 5.24. The molecule has 0 amide bonds. The van der Waals surface area contributed by atoms with Gasteiger partial charge >= 0.3 is 0 Å². The lowest BCUT2D eigenvalue weighted by molar-refractivity contribution is 0.0951.